The first-order chi connectivity index (χ1) is 17.1. The highest BCUT2D eigenvalue weighted by Gasteiger charge is 2.34. The summed E-state index contributed by atoms with van der Waals surface area (Å²) >= 11 is 3.57. The molecule has 0 unspecified atom stereocenters. The van der Waals surface area contributed by atoms with E-state index in [1.165, 1.54) is 19.2 Å². The zero-order chi connectivity index (χ0) is 26.0. The van der Waals surface area contributed by atoms with E-state index in [2.05, 4.69) is 36.5 Å². The van der Waals surface area contributed by atoms with Gasteiger partial charge >= 0.3 is 6.09 Å². The van der Waals surface area contributed by atoms with Gasteiger partial charge in [0, 0.05) is 24.5 Å². The molecule has 9 nitrogen and oxygen atoms in total. The van der Waals surface area contributed by atoms with Crippen LogP contribution in [-0.4, -0.2) is 53.8 Å². The van der Waals surface area contributed by atoms with Gasteiger partial charge in [-0.1, -0.05) is 0 Å². The molecule has 0 aliphatic carbocycles. The van der Waals surface area contributed by atoms with Gasteiger partial charge in [0.25, 0.3) is 5.91 Å². The molecular weight excluding hydrogens is 533 g/mol. The normalized spacial score (nSPS) is 16.0. The number of carbonyl (C=O) groups excluding carboxylic acids is 2. The number of halogens is 2. The van der Waals surface area contributed by atoms with Crippen molar-refractivity contribution in [2.24, 2.45) is 0 Å². The van der Waals surface area contributed by atoms with Gasteiger partial charge in [-0.3, -0.25) is 9.69 Å². The average Bonchev–Trinajstić information content (AvgIpc) is 3.22. The van der Waals surface area contributed by atoms with Crippen molar-refractivity contribution in [2.75, 3.05) is 30.4 Å². The van der Waals surface area contributed by atoms with E-state index >= 15 is 0 Å². The highest BCUT2D eigenvalue weighted by Crippen LogP contribution is 2.40. The topological polar surface area (TPSA) is 109 Å². The standard InChI is InChI=1S/C25H29BrFN5O4/c1-25(2,3)36-24(34)32(15-6-5-9-28-11-15)21-16(26)12-29-22-20(21)18(13-30-22)31-23(33)14-7-8-19(35-4)17(27)10-14/h7-8,10,12-13,15,28H,5-6,9,11H2,1-4H3,(H,29,30)(H,31,33)/t15-/m1/s1. The van der Waals surface area contributed by atoms with Crippen LogP contribution in [0.2, 0.25) is 0 Å². The molecule has 1 aliphatic heterocycles. The van der Waals surface area contributed by atoms with Crippen LogP contribution in [0.25, 0.3) is 11.0 Å². The molecular formula is C25H29BrFN5O4. The minimum absolute atomic E-state index is 0.0446. The number of ether oxygens (including phenoxy) is 2. The van der Waals surface area contributed by atoms with Crippen LogP contribution >= 0.6 is 15.9 Å². The van der Waals surface area contributed by atoms with Crippen molar-refractivity contribution in [1.82, 2.24) is 15.3 Å². The molecule has 0 spiro atoms. The van der Waals surface area contributed by atoms with Gasteiger partial charge in [0.15, 0.2) is 11.6 Å². The first kappa shape index (κ1) is 25.9. The quantitative estimate of drug-likeness (QED) is 0.394. The number of pyridine rings is 1. The predicted octanol–water partition coefficient (Wildman–Crippen LogP) is 5.22. The summed E-state index contributed by atoms with van der Waals surface area (Å²) in [6.45, 7) is 6.90. The van der Waals surface area contributed by atoms with Crippen LogP contribution in [0.5, 0.6) is 5.75 Å². The van der Waals surface area contributed by atoms with E-state index in [-0.39, 0.29) is 17.4 Å². The summed E-state index contributed by atoms with van der Waals surface area (Å²) in [7, 11) is 1.36. The SMILES string of the molecule is COc1ccc(C(=O)Nc2c[nH]c3ncc(Br)c(N(C(=O)OC(C)(C)C)[C@@H]4CCCNC4)c23)cc1F. The Labute approximate surface area is 216 Å². The van der Waals surface area contributed by atoms with Crippen LogP contribution in [0.15, 0.2) is 35.1 Å². The van der Waals surface area contributed by atoms with E-state index in [0.29, 0.717) is 33.4 Å². The molecule has 1 fully saturated rings. The molecule has 1 saturated heterocycles. The van der Waals surface area contributed by atoms with E-state index in [1.807, 2.05) is 20.8 Å². The van der Waals surface area contributed by atoms with E-state index < -0.39 is 23.4 Å². The van der Waals surface area contributed by atoms with Gasteiger partial charge in [0.2, 0.25) is 0 Å². The third-order valence-corrected chi connectivity index (χ3v) is 6.34. The summed E-state index contributed by atoms with van der Waals surface area (Å²) in [5, 5.41) is 6.70. The predicted molar refractivity (Wildman–Crippen MR) is 139 cm³/mol. The molecule has 11 heteroatoms. The number of anilines is 2. The van der Waals surface area contributed by atoms with Gasteiger partial charge in [-0.25, -0.2) is 14.2 Å². The molecule has 0 bridgehead atoms. The smallest absolute Gasteiger partial charge is 0.415 e. The Bertz CT molecular complexity index is 1280. The molecule has 0 radical (unpaired) electrons. The van der Waals surface area contributed by atoms with Crippen molar-refractivity contribution in [2.45, 2.75) is 45.3 Å². The van der Waals surface area contributed by atoms with Gasteiger partial charge < -0.3 is 25.1 Å². The number of hydrogen-bond acceptors (Lipinski definition) is 6. The van der Waals surface area contributed by atoms with E-state index in [4.69, 9.17) is 9.47 Å². The maximum atomic E-state index is 14.2. The first-order valence-corrected chi connectivity index (χ1v) is 12.4. The maximum absolute atomic E-state index is 14.2. The van der Waals surface area contributed by atoms with Crippen LogP contribution in [0.1, 0.15) is 44.0 Å². The van der Waals surface area contributed by atoms with Crippen LogP contribution in [0.3, 0.4) is 0 Å². The summed E-state index contributed by atoms with van der Waals surface area (Å²) in [6, 6.07) is 3.80. The lowest BCUT2D eigenvalue weighted by molar-refractivity contribution is 0.0560. The number of aromatic amines is 1. The molecule has 192 valence electrons. The van der Waals surface area contributed by atoms with Crippen LogP contribution in [-0.2, 0) is 4.74 Å². The Balaban J connectivity index is 1.78. The fourth-order valence-corrected chi connectivity index (χ4v) is 4.67. The van der Waals surface area contributed by atoms with Crippen molar-refractivity contribution in [1.29, 1.82) is 0 Å². The number of carbonyl (C=O) groups is 2. The second kappa shape index (κ2) is 10.4. The largest absolute Gasteiger partial charge is 0.494 e. The number of rotatable bonds is 5. The number of fused-ring (bicyclic) bond motifs is 1. The lowest BCUT2D eigenvalue weighted by atomic mass is 10.0. The number of methoxy groups -OCH3 is 1. The molecule has 1 aromatic carbocycles. The Morgan fingerprint density at radius 2 is 2.08 bits per heavy atom. The number of aromatic nitrogens is 2. The van der Waals surface area contributed by atoms with Crippen molar-refractivity contribution in [3.63, 3.8) is 0 Å². The number of hydrogen-bond donors (Lipinski definition) is 3. The van der Waals surface area contributed by atoms with Crippen molar-refractivity contribution < 1.29 is 23.5 Å². The highest BCUT2D eigenvalue weighted by molar-refractivity contribution is 9.10. The molecule has 0 saturated carbocycles. The summed E-state index contributed by atoms with van der Waals surface area (Å²) in [4.78, 5) is 35.6. The second-order valence-electron chi connectivity index (χ2n) is 9.53. The molecule has 1 aliphatic rings. The number of piperidine rings is 1. The van der Waals surface area contributed by atoms with Gasteiger partial charge in [-0.05, 0) is 74.3 Å². The molecule has 2 amide bonds. The number of benzene rings is 1. The zero-order valence-corrected chi connectivity index (χ0v) is 22.2. The van der Waals surface area contributed by atoms with Crippen LogP contribution < -0.4 is 20.3 Å². The lowest BCUT2D eigenvalue weighted by Gasteiger charge is -2.36. The summed E-state index contributed by atoms with van der Waals surface area (Å²) in [6.07, 6.45) is 4.37. The van der Waals surface area contributed by atoms with E-state index in [9.17, 15) is 14.0 Å². The number of nitrogens with zero attached hydrogens (tertiary/aromatic N) is 2. The molecule has 4 rings (SSSR count). The molecule has 2 aromatic heterocycles. The number of nitrogens with one attached hydrogen (secondary N) is 3. The van der Waals surface area contributed by atoms with Crippen LogP contribution in [0.4, 0.5) is 20.6 Å². The molecule has 3 heterocycles. The first-order valence-electron chi connectivity index (χ1n) is 11.6. The average molecular weight is 562 g/mol. The molecule has 3 aromatic rings. The summed E-state index contributed by atoms with van der Waals surface area (Å²) in [5.41, 5.74) is 0.811. The Kier molecular flexibility index (Phi) is 7.51. The lowest BCUT2D eigenvalue weighted by Crippen LogP contribution is -2.50. The molecule has 36 heavy (non-hydrogen) atoms. The summed E-state index contributed by atoms with van der Waals surface area (Å²) < 4.78 is 25.5. The van der Waals surface area contributed by atoms with Crippen molar-refractivity contribution in [3.8, 4) is 5.75 Å². The van der Waals surface area contributed by atoms with Crippen LogP contribution in [0, 0.1) is 5.82 Å². The summed E-state index contributed by atoms with van der Waals surface area (Å²) in [5.74, 6) is -1.12. The van der Waals surface area contributed by atoms with Gasteiger partial charge in [0.05, 0.1) is 34.4 Å². The monoisotopic (exact) mass is 561 g/mol. The minimum Gasteiger partial charge on any atom is -0.494 e. The van der Waals surface area contributed by atoms with Gasteiger partial charge in [-0.2, -0.15) is 0 Å². The zero-order valence-electron chi connectivity index (χ0n) is 20.6. The third kappa shape index (κ3) is 5.46. The van der Waals surface area contributed by atoms with E-state index in [1.54, 1.807) is 17.3 Å². The fourth-order valence-electron chi connectivity index (χ4n) is 4.18. The Hall–Kier alpha value is -3.18. The highest BCUT2D eigenvalue weighted by atomic mass is 79.9. The Morgan fingerprint density at radius 1 is 1.31 bits per heavy atom. The maximum Gasteiger partial charge on any atom is 0.415 e. The fraction of sp³-hybridized carbons (Fsp3) is 0.400. The minimum atomic E-state index is -0.705. The number of H-pyrrole nitrogens is 1. The van der Waals surface area contributed by atoms with Crippen molar-refractivity contribution >= 4 is 50.3 Å². The van der Waals surface area contributed by atoms with Crippen molar-refractivity contribution in [3.05, 3.63) is 46.4 Å². The van der Waals surface area contributed by atoms with Gasteiger partial charge in [-0.15, -0.1) is 0 Å². The molecule has 1 atom stereocenters. The Morgan fingerprint density at radius 3 is 2.72 bits per heavy atom. The number of amides is 2. The second-order valence-corrected chi connectivity index (χ2v) is 10.4. The third-order valence-electron chi connectivity index (χ3n) is 5.76. The van der Waals surface area contributed by atoms with E-state index in [0.717, 1.165) is 25.5 Å². The van der Waals surface area contributed by atoms with Gasteiger partial charge in [0.1, 0.15) is 11.2 Å². The molecule has 3 N–H and O–H groups in total.